The summed E-state index contributed by atoms with van der Waals surface area (Å²) in [5.41, 5.74) is 1.45. The standard InChI is InChI=1S/C10H12N4O/c1-8(15)4-3-7-14-12-9-5-2-6-11-10(9)13-14/h2,5-6H,3-4,7H2,1H3. The van der Waals surface area contributed by atoms with Gasteiger partial charge in [0.1, 0.15) is 11.3 Å². The zero-order valence-corrected chi connectivity index (χ0v) is 8.55. The first-order valence-electron chi connectivity index (χ1n) is 4.91. The molecule has 0 spiro atoms. The van der Waals surface area contributed by atoms with Gasteiger partial charge in [-0.15, -0.1) is 5.10 Å². The molecule has 0 aromatic carbocycles. The van der Waals surface area contributed by atoms with E-state index in [1.807, 2.05) is 12.1 Å². The molecular formula is C10H12N4O. The topological polar surface area (TPSA) is 60.7 Å². The van der Waals surface area contributed by atoms with Crippen LogP contribution in [-0.2, 0) is 11.3 Å². The minimum absolute atomic E-state index is 0.199. The van der Waals surface area contributed by atoms with Crippen LogP contribution in [0.15, 0.2) is 18.3 Å². The number of rotatable bonds is 4. The predicted molar refractivity (Wildman–Crippen MR) is 55.2 cm³/mol. The summed E-state index contributed by atoms with van der Waals surface area (Å²) >= 11 is 0. The molecule has 0 amide bonds. The zero-order chi connectivity index (χ0) is 10.7. The predicted octanol–water partition coefficient (Wildman–Crippen LogP) is 1.20. The highest BCUT2D eigenvalue weighted by atomic mass is 16.1. The number of aromatic nitrogens is 4. The molecular weight excluding hydrogens is 192 g/mol. The zero-order valence-electron chi connectivity index (χ0n) is 8.55. The fourth-order valence-electron chi connectivity index (χ4n) is 1.37. The molecule has 0 saturated carbocycles. The molecule has 0 atom stereocenters. The molecule has 0 aliphatic heterocycles. The maximum Gasteiger partial charge on any atom is 0.201 e. The van der Waals surface area contributed by atoms with E-state index in [-0.39, 0.29) is 5.78 Å². The fraction of sp³-hybridized carbons (Fsp3) is 0.400. The molecule has 0 saturated heterocycles. The molecule has 0 bridgehead atoms. The highest BCUT2D eigenvalue weighted by Crippen LogP contribution is 2.04. The van der Waals surface area contributed by atoms with E-state index in [0.717, 1.165) is 11.9 Å². The van der Waals surface area contributed by atoms with Gasteiger partial charge in [0.2, 0.25) is 5.65 Å². The molecule has 2 heterocycles. The first-order valence-corrected chi connectivity index (χ1v) is 4.91. The average Bonchev–Trinajstić information content (AvgIpc) is 2.59. The second-order valence-corrected chi connectivity index (χ2v) is 3.45. The molecule has 0 radical (unpaired) electrons. The number of aryl methyl sites for hydroxylation is 1. The Balaban J connectivity index is 2.05. The lowest BCUT2D eigenvalue weighted by Crippen LogP contribution is -2.03. The van der Waals surface area contributed by atoms with Crippen molar-refractivity contribution in [1.82, 2.24) is 20.0 Å². The van der Waals surface area contributed by atoms with Crippen molar-refractivity contribution in [3.05, 3.63) is 18.3 Å². The number of nitrogens with zero attached hydrogens (tertiary/aromatic N) is 4. The third-order valence-electron chi connectivity index (χ3n) is 2.09. The van der Waals surface area contributed by atoms with Crippen molar-refractivity contribution >= 4 is 16.9 Å². The third-order valence-corrected chi connectivity index (χ3v) is 2.09. The largest absolute Gasteiger partial charge is 0.300 e. The van der Waals surface area contributed by atoms with E-state index < -0.39 is 0 Å². The summed E-state index contributed by atoms with van der Waals surface area (Å²) in [6, 6.07) is 3.70. The number of Topliss-reactive ketones (excluding diaryl/α,β-unsaturated/α-hetero) is 1. The van der Waals surface area contributed by atoms with Crippen molar-refractivity contribution in [3.63, 3.8) is 0 Å². The summed E-state index contributed by atoms with van der Waals surface area (Å²) in [6.07, 6.45) is 3.04. The molecule has 0 aliphatic carbocycles. The lowest BCUT2D eigenvalue weighted by Gasteiger charge is -1.96. The van der Waals surface area contributed by atoms with Gasteiger partial charge in [-0.2, -0.15) is 9.90 Å². The molecule has 0 N–H and O–H groups in total. The summed E-state index contributed by atoms with van der Waals surface area (Å²) < 4.78 is 0. The van der Waals surface area contributed by atoms with Gasteiger partial charge in [0.25, 0.3) is 0 Å². The highest BCUT2D eigenvalue weighted by molar-refractivity contribution is 5.75. The first-order chi connectivity index (χ1) is 7.25. The normalized spacial score (nSPS) is 10.7. The van der Waals surface area contributed by atoms with Crippen LogP contribution in [-0.4, -0.2) is 25.8 Å². The molecule has 15 heavy (non-hydrogen) atoms. The van der Waals surface area contributed by atoms with Crippen LogP contribution in [0.4, 0.5) is 0 Å². The molecule has 2 aromatic heterocycles. The molecule has 78 valence electrons. The van der Waals surface area contributed by atoms with Gasteiger partial charge < -0.3 is 4.79 Å². The van der Waals surface area contributed by atoms with E-state index in [2.05, 4.69) is 15.2 Å². The van der Waals surface area contributed by atoms with Gasteiger partial charge in [0.05, 0.1) is 6.54 Å². The van der Waals surface area contributed by atoms with E-state index in [0.29, 0.717) is 18.6 Å². The highest BCUT2D eigenvalue weighted by Gasteiger charge is 2.02. The van der Waals surface area contributed by atoms with E-state index in [1.165, 1.54) is 0 Å². The van der Waals surface area contributed by atoms with Crippen LogP contribution >= 0.6 is 0 Å². The Kier molecular flexibility index (Phi) is 2.71. The van der Waals surface area contributed by atoms with Crippen LogP contribution in [0.5, 0.6) is 0 Å². The number of pyridine rings is 1. The summed E-state index contributed by atoms with van der Waals surface area (Å²) in [6.45, 7) is 2.25. The van der Waals surface area contributed by atoms with Gasteiger partial charge in [0, 0.05) is 12.6 Å². The van der Waals surface area contributed by atoms with Crippen molar-refractivity contribution in [3.8, 4) is 0 Å². The molecule has 5 nitrogen and oxygen atoms in total. The molecule has 0 unspecified atom stereocenters. The first kappa shape index (κ1) is 9.76. The molecule has 5 heteroatoms. The summed E-state index contributed by atoms with van der Waals surface area (Å²) in [4.78, 5) is 16.4. The minimum Gasteiger partial charge on any atom is -0.300 e. The number of carbonyl (C=O) groups is 1. The van der Waals surface area contributed by atoms with Crippen LogP contribution in [0, 0.1) is 0 Å². The lowest BCUT2D eigenvalue weighted by molar-refractivity contribution is -0.117. The minimum atomic E-state index is 0.199. The number of carbonyl (C=O) groups excluding carboxylic acids is 1. The number of hydrogen-bond donors (Lipinski definition) is 0. The Morgan fingerprint density at radius 1 is 1.47 bits per heavy atom. The molecule has 0 aliphatic rings. The van der Waals surface area contributed by atoms with Crippen molar-refractivity contribution < 1.29 is 4.79 Å². The fourth-order valence-corrected chi connectivity index (χ4v) is 1.37. The lowest BCUT2D eigenvalue weighted by atomic mass is 10.2. The maximum atomic E-state index is 10.7. The molecule has 0 fully saturated rings. The summed E-state index contributed by atoms with van der Waals surface area (Å²) in [5.74, 6) is 0.199. The van der Waals surface area contributed by atoms with Gasteiger partial charge in [-0.05, 0) is 25.5 Å². The van der Waals surface area contributed by atoms with Crippen LogP contribution < -0.4 is 0 Å². The maximum absolute atomic E-state index is 10.7. The summed E-state index contributed by atoms with van der Waals surface area (Å²) in [7, 11) is 0. The Morgan fingerprint density at radius 3 is 3.07 bits per heavy atom. The van der Waals surface area contributed by atoms with Crippen LogP contribution in [0.3, 0.4) is 0 Å². The van der Waals surface area contributed by atoms with Gasteiger partial charge in [-0.3, -0.25) is 0 Å². The van der Waals surface area contributed by atoms with Gasteiger partial charge in [-0.25, -0.2) is 4.98 Å². The third kappa shape index (κ3) is 2.37. The number of ketones is 1. The quantitative estimate of drug-likeness (QED) is 0.750. The molecule has 2 aromatic rings. The van der Waals surface area contributed by atoms with Crippen molar-refractivity contribution in [2.45, 2.75) is 26.3 Å². The van der Waals surface area contributed by atoms with Gasteiger partial charge in [-0.1, -0.05) is 0 Å². The Hall–Kier alpha value is -1.78. The molecule has 2 rings (SSSR count). The Labute approximate surface area is 87.1 Å². The smallest absolute Gasteiger partial charge is 0.201 e. The Morgan fingerprint density at radius 2 is 2.33 bits per heavy atom. The van der Waals surface area contributed by atoms with Crippen molar-refractivity contribution in [2.24, 2.45) is 0 Å². The van der Waals surface area contributed by atoms with E-state index in [9.17, 15) is 4.79 Å². The monoisotopic (exact) mass is 204 g/mol. The SMILES string of the molecule is CC(=O)CCCn1nc2cccnc2n1. The van der Waals surface area contributed by atoms with E-state index >= 15 is 0 Å². The number of hydrogen-bond acceptors (Lipinski definition) is 4. The van der Waals surface area contributed by atoms with Gasteiger partial charge >= 0.3 is 0 Å². The van der Waals surface area contributed by atoms with Gasteiger partial charge in [0.15, 0.2) is 0 Å². The van der Waals surface area contributed by atoms with Crippen LogP contribution in [0.2, 0.25) is 0 Å². The summed E-state index contributed by atoms with van der Waals surface area (Å²) in [5, 5.41) is 8.43. The van der Waals surface area contributed by atoms with E-state index in [4.69, 9.17) is 0 Å². The average molecular weight is 204 g/mol. The van der Waals surface area contributed by atoms with Crippen LogP contribution in [0.25, 0.3) is 11.2 Å². The van der Waals surface area contributed by atoms with Crippen molar-refractivity contribution in [1.29, 1.82) is 0 Å². The van der Waals surface area contributed by atoms with E-state index in [1.54, 1.807) is 17.9 Å². The number of fused-ring (bicyclic) bond motifs is 1. The van der Waals surface area contributed by atoms with Crippen molar-refractivity contribution in [2.75, 3.05) is 0 Å². The second-order valence-electron chi connectivity index (χ2n) is 3.45. The Bertz CT molecular complexity index is 444. The second kappa shape index (κ2) is 4.16. The van der Waals surface area contributed by atoms with Crippen LogP contribution in [0.1, 0.15) is 19.8 Å².